The normalized spacial score (nSPS) is 35.6. The van der Waals surface area contributed by atoms with E-state index in [0.717, 1.165) is 35.8 Å². The number of H-pyrrole nitrogens is 1. The molecule has 1 saturated carbocycles. The van der Waals surface area contributed by atoms with Crippen molar-refractivity contribution in [3.8, 4) is 0 Å². The number of nitrogens with one attached hydrogen (secondary N) is 1. The molecular weight excluding hydrogens is 239 g/mol. The summed E-state index contributed by atoms with van der Waals surface area (Å²) in [6, 6.07) is 5.91. The molecule has 5 rings (SSSR count). The van der Waals surface area contributed by atoms with Gasteiger partial charge in [0.2, 0.25) is 0 Å². The summed E-state index contributed by atoms with van der Waals surface area (Å²) in [4.78, 5) is 6.28. The second kappa shape index (κ2) is 3.40. The molecule has 2 aliphatic heterocycles. The van der Waals surface area contributed by atoms with E-state index in [2.05, 4.69) is 9.88 Å². The maximum Gasteiger partial charge on any atom is 0.123 e. The minimum Gasteiger partial charge on any atom is -0.358 e. The summed E-state index contributed by atoms with van der Waals surface area (Å²) >= 11 is 0. The second-order valence-corrected chi connectivity index (χ2v) is 6.38. The number of benzene rings is 1. The van der Waals surface area contributed by atoms with Crippen LogP contribution in [0.25, 0.3) is 10.9 Å². The van der Waals surface area contributed by atoms with Crippen LogP contribution in [0.2, 0.25) is 0 Å². The zero-order valence-electron chi connectivity index (χ0n) is 10.8. The smallest absolute Gasteiger partial charge is 0.123 e. The largest absolute Gasteiger partial charge is 0.358 e. The molecule has 1 aromatic carbocycles. The van der Waals surface area contributed by atoms with Crippen LogP contribution in [0.5, 0.6) is 0 Å². The molecule has 2 nitrogen and oxygen atoms in total. The average molecular weight is 256 g/mol. The molecule has 0 spiro atoms. The first kappa shape index (κ1) is 10.4. The fraction of sp³-hybridized carbons (Fsp3) is 0.500. The second-order valence-electron chi connectivity index (χ2n) is 6.38. The third-order valence-electron chi connectivity index (χ3n) is 5.58. The van der Waals surface area contributed by atoms with Gasteiger partial charge in [0.15, 0.2) is 0 Å². The Morgan fingerprint density at radius 3 is 3.16 bits per heavy atom. The maximum atomic E-state index is 13.5. The Morgan fingerprint density at radius 2 is 2.21 bits per heavy atom. The highest BCUT2D eigenvalue weighted by Gasteiger charge is 2.49. The summed E-state index contributed by atoms with van der Waals surface area (Å²) < 4.78 is 13.5. The lowest BCUT2D eigenvalue weighted by Gasteiger charge is -2.25. The minimum atomic E-state index is -0.119. The molecule has 4 atom stereocenters. The number of hydrogen-bond donors (Lipinski definition) is 1. The summed E-state index contributed by atoms with van der Waals surface area (Å²) in [5, 5.41) is 1.11. The Kier molecular flexibility index (Phi) is 1.87. The van der Waals surface area contributed by atoms with Crippen LogP contribution >= 0.6 is 0 Å². The van der Waals surface area contributed by atoms with Crippen LogP contribution in [0, 0.1) is 11.7 Å². The summed E-state index contributed by atoms with van der Waals surface area (Å²) in [6.45, 7) is 2.42. The van der Waals surface area contributed by atoms with Crippen LogP contribution in [-0.2, 0) is 6.42 Å². The number of nitrogens with zero attached hydrogens (tertiary/aromatic N) is 1. The first-order chi connectivity index (χ1) is 9.31. The monoisotopic (exact) mass is 256 g/mol. The number of fused-ring (bicyclic) bond motifs is 3. The molecule has 2 unspecified atom stereocenters. The van der Waals surface area contributed by atoms with Gasteiger partial charge >= 0.3 is 0 Å². The predicted molar refractivity (Wildman–Crippen MR) is 72.8 cm³/mol. The molecule has 3 heterocycles. The van der Waals surface area contributed by atoms with Crippen LogP contribution in [0.1, 0.15) is 30.0 Å². The molecule has 3 heteroatoms. The molecule has 1 aliphatic carbocycles. The van der Waals surface area contributed by atoms with Crippen LogP contribution < -0.4 is 0 Å². The number of hydrogen-bond acceptors (Lipinski definition) is 1. The first-order valence-electron chi connectivity index (χ1n) is 7.35. The van der Waals surface area contributed by atoms with Gasteiger partial charge in [-0.05, 0) is 48.9 Å². The van der Waals surface area contributed by atoms with Gasteiger partial charge in [0.25, 0.3) is 0 Å². The molecular formula is C16H17FN2. The first-order valence-corrected chi connectivity index (χ1v) is 7.35. The number of aromatic amines is 1. The highest BCUT2D eigenvalue weighted by Crippen LogP contribution is 2.51. The van der Waals surface area contributed by atoms with Gasteiger partial charge < -0.3 is 4.98 Å². The van der Waals surface area contributed by atoms with Gasteiger partial charge in [0.05, 0.1) is 0 Å². The zero-order valence-corrected chi connectivity index (χ0v) is 10.8. The van der Waals surface area contributed by atoms with E-state index in [-0.39, 0.29) is 5.82 Å². The summed E-state index contributed by atoms with van der Waals surface area (Å²) in [6.07, 6.45) is 3.78. The molecule has 98 valence electrons. The van der Waals surface area contributed by atoms with Crippen molar-refractivity contribution in [2.75, 3.05) is 13.1 Å². The number of rotatable bonds is 0. The van der Waals surface area contributed by atoms with Gasteiger partial charge in [-0.15, -0.1) is 0 Å². The Balaban J connectivity index is 1.78. The number of aromatic nitrogens is 1. The molecule has 1 aromatic heterocycles. The van der Waals surface area contributed by atoms with Gasteiger partial charge in [-0.25, -0.2) is 4.39 Å². The summed E-state index contributed by atoms with van der Waals surface area (Å²) in [5.41, 5.74) is 3.93. The Bertz CT molecular complexity index is 675. The van der Waals surface area contributed by atoms with Gasteiger partial charge in [0, 0.05) is 41.6 Å². The third kappa shape index (κ3) is 1.24. The highest BCUT2D eigenvalue weighted by molar-refractivity contribution is 5.85. The van der Waals surface area contributed by atoms with Crippen molar-refractivity contribution in [2.24, 2.45) is 5.92 Å². The fourth-order valence-corrected chi connectivity index (χ4v) is 4.84. The molecule has 19 heavy (non-hydrogen) atoms. The van der Waals surface area contributed by atoms with Gasteiger partial charge in [-0.3, -0.25) is 4.90 Å². The van der Waals surface area contributed by atoms with Crippen molar-refractivity contribution in [3.05, 3.63) is 35.3 Å². The molecule has 1 N–H and O–H groups in total. The predicted octanol–water partition coefficient (Wildman–Crippen LogP) is 3.04. The van der Waals surface area contributed by atoms with Gasteiger partial charge in [-0.2, -0.15) is 0 Å². The fourth-order valence-electron chi connectivity index (χ4n) is 4.84. The van der Waals surface area contributed by atoms with E-state index in [1.807, 2.05) is 6.07 Å². The molecule has 3 aliphatic rings. The van der Waals surface area contributed by atoms with Gasteiger partial charge in [0.1, 0.15) is 5.82 Å². The van der Waals surface area contributed by atoms with Crippen molar-refractivity contribution < 1.29 is 4.39 Å². The van der Waals surface area contributed by atoms with E-state index in [1.165, 1.54) is 30.6 Å². The standard InChI is InChI=1S/C16H17FN2/c17-10-2-3-13-12(7-10)11-5-6-19-8-9-1-4-14(19)15(9)16(11)18-13/h2-3,7,9,14-15,18H,1,4-6,8H2/t9-,14?,15-/m1/s1. The molecule has 2 aromatic rings. The number of piperidine rings is 1. The molecule has 4 bridgehead atoms. The summed E-state index contributed by atoms with van der Waals surface area (Å²) in [5.74, 6) is 1.38. The molecule has 0 amide bonds. The van der Waals surface area contributed by atoms with E-state index >= 15 is 0 Å². The highest BCUT2D eigenvalue weighted by atomic mass is 19.1. The Hall–Kier alpha value is -1.35. The van der Waals surface area contributed by atoms with Crippen LogP contribution in [0.4, 0.5) is 4.39 Å². The number of halogens is 1. The molecule has 1 saturated heterocycles. The lowest BCUT2D eigenvalue weighted by Crippen LogP contribution is -2.33. The average Bonchev–Trinajstić information content (AvgIpc) is 3.01. The lowest BCUT2D eigenvalue weighted by molar-refractivity contribution is 0.217. The van der Waals surface area contributed by atoms with Crippen LogP contribution in [0.15, 0.2) is 18.2 Å². The van der Waals surface area contributed by atoms with E-state index < -0.39 is 0 Å². The Labute approximate surface area is 111 Å². The SMILES string of the molecule is Fc1ccc2[nH]c3c(c2c1)CCN1C[C@H]2CCC1[C@H]32. The van der Waals surface area contributed by atoms with Crippen molar-refractivity contribution in [2.45, 2.75) is 31.2 Å². The van der Waals surface area contributed by atoms with E-state index in [0.29, 0.717) is 5.92 Å². The van der Waals surface area contributed by atoms with Gasteiger partial charge in [-0.1, -0.05) is 0 Å². The summed E-state index contributed by atoms with van der Waals surface area (Å²) in [7, 11) is 0. The third-order valence-corrected chi connectivity index (χ3v) is 5.58. The van der Waals surface area contributed by atoms with Crippen LogP contribution in [0.3, 0.4) is 0 Å². The lowest BCUT2D eigenvalue weighted by atomic mass is 9.91. The van der Waals surface area contributed by atoms with Crippen molar-refractivity contribution in [1.29, 1.82) is 0 Å². The topological polar surface area (TPSA) is 19.0 Å². The molecule has 2 fully saturated rings. The quantitative estimate of drug-likeness (QED) is 0.767. The van der Waals surface area contributed by atoms with Crippen molar-refractivity contribution >= 4 is 10.9 Å². The minimum absolute atomic E-state index is 0.119. The van der Waals surface area contributed by atoms with Crippen molar-refractivity contribution in [3.63, 3.8) is 0 Å². The molecule has 0 radical (unpaired) electrons. The van der Waals surface area contributed by atoms with E-state index in [9.17, 15) is 4.39 Å². The van der Waals surface area contributed by atoms with Crippen LogP contribution in [-0.4, -0.2) is 29.0 Å². The van der Waals surface area contributed by atoms with Crippen molar-refractivity contribution in [1.82, 2.24) is 9.88 Å². The van der Waals surface area contributed by atoms with E-state index in [1.54, 1.807) is 12.1 Å². The maximum absolute atomic E-state index is 13.5. The van der Waals surface area contributed by atoms with E-state index in [4.69, 9.17) is 0 Å². The Morgan fingerprint density at radius 1 is 1.26 bits per heavy atom. The zero-order chi connectivity index (χ0) is 12.6.